The first-order valence-corrected chi connectivity index (χ1v) is 8.49. The summed E-state index contributed by atoms with van der Waals surface area (Å²) < 4.78 is 1.15. The van der Waals surface area contributed by atoms with Crippen LogP contribution in [0.5, 0.6) is 0 Å². The Morgan fingerprint density at radius 2 is 1.67 bits per heavy atom. The second-order valence-corrected chi connectivity index (χ2v) is 6.58. The zero-order valence-electron chi connectivity index (χ0n) is 13.1. The van der Waals surface area contributed by atoms with E-state index in [9.17, 15) is 0 Å². The van der Waals surface area contributed by atoms with Crippen molar-refractivity contribution >= 4 is 21.6 Å². The molecule has 0 bridgehead atoms. The van der Waals surface area contributed by atoms with Gasteiger partial charge in [0.15, 0.2) is 0 Å². The van der Waals surface area contributed by atoms with E-state index in [0.29, 0.717) is 6.04 Å². The summed E-state index contributed by atoms with van der Waals surface area (Å²) in [4.78, 5) is 0. The molecule has 0 saturated heterocycles. The van der Waals surface area contributed by atoms with Crippen LogP contribution in [0.25, 0.3) is 0 Å². The molecule has 1 nitrogen and oxygen atoms in total. The number of aryl methyl sites for hydroxylation is 2. The van der Waals surface area contributed by atoms with Gasteiger partial charge in [0.25, 0.3) is 0 Å². The lowest BCUT2D eigenvalue weighted by molar-refractivity contribution is 0.633. The Balaban J connectivity index is 2.27. The number of unbranched alkanes of at least 4 members (excludes halogenated alkanes) is 1. The number of nitrogens with one attached hydrogen (secondary N) is 1. The minimum atomic E-state index is 0.379. The maximum Gasteiger partial charge on any atom is 0.0514 e. The van der Waals surface area contributed by atoms with Crippen molar-refractivity contribution in [2.75, 3.05) is 5.32 Å². The molecule has 2 aromatic rings. The molecule has 0 spiro atoms. The predicted octanol–water partition coefficient (Wildman–Crippen LogP) is 6.41. The Morgan fingerprint density at radius 3 is 2.24 bits per heavy atom. The Hall–Kier alpha value is -1.28. The van der Waals surface area contributed by atoms with Crippen molar-refractivity contribution in [1.29, 1.82) is 0 Å². The molecule has 0 aliphatic rings. The van der Waals surface area contributed by atoms with E-state index in [0.717, 1.165) is 10.9 Å². The molecular formula is C19H24BrN. The topological polar surface area (TPSA) is 12.0 Å². The lowest BCUT2D eigenvalue weighted by Crippen LogP contribution is -2.12. The van der Waals surface area contributed by atoms with Gasteiger partial charge < -0.3 is 5.32 Å². The second kappa shape index (κ2) is 7.65. The summed E-state index contributed by atoms with van der Waals surface area (Å²) in [5, 5.41) is 3.77. The highest BCUT2D eigenvalue weighted by Crippen LogP contribution is 2.30. The van der Waals surface area contributed by atoms with E-state index in [1.807, 2.05) is 0 Å². The van der Waals surface area contributed by atoms with Crippen molar-refractivity contribution in [3.63, 3.8) is 0 Å². The van der Waals surface area contributed by atoms with Gasteiger partial charge in [-0.05, 0) is 49.1 Å². The average Bonchev–Trinajstić information content (AvgIpc) is 2.46. The molecule has 0 saturated carbocycles. The normalized spacial score (nSPS) is 12.2. The first-order chi connectivity index (χ1) is 10.1. The molecule has 112 valence electrons. The number of benzene rings is 2. The molecule has 2 rings (SSSR count). The third-order valence-corrected chi connectivity index (χ3v) is 4.32. The summed E-state index contributed by atoms with van der Waals surface area (Å²) in [7, 11) is 0. The van der Waals surface area contributed by atoms with Crippen molar-refractivity contribution in [3.8, 4) is 0 Å². The number of anilines is 1. The summed E-state index contributed by atoms with van der Waals surface area (Å²) >= 11 is 3.57. The van der Waals surface area contributed by atoms with E-state index in [1.165, 1.54) is 35.2 Å². The largest absolute Gasteiger partial charge is 0.378 e. The van der Waals surface area contributed by atoms with Gasteiger partial charge in [-0.3, -0.25) is 0 Å². The van der Waals surface area contributed by atoms with Crippen LogP contribution in [0, 0.1) is 13.8 Å². The monoisotopic (exact) mass is 345 g/mol. The molecule has 0 fully saturated rings. The fourth-order valence-corrected chi connectivity index (χ4v) is 3.42. The zero-order chi connectivity index (χ0) is 15.2. The lowest BCUT2D eigenvalue weighted by Gasteiger charge is -2.23. The molecule has 0 aliphatic carbocycles. The molecule has 21 heavy (non-hydrogen) atoms. The smallest absolute Gasteiger partial charge is 0.0514 e. The van der Waals surface area contributed by atoms with Crippen LogP contribution in [0.15, 0.2) is 46.9 Å². The van der Waals surface area contributed by atoms with E-state index < -0.39 is 0 Å². The highest BCUT2D eigenvalue weighted by molar-refractivity contribution is 9.10. The molecule has 1 N–H and O–H groups in total. The lowest BCUT2D eigenvalue weighted by atomic mass is 9.99. The van der Waals surface area contributed by atoms with Crippen molar-refractivity contribution in [2.45, 2.75) is 46.1 Å². The van der Waals surface area contributed by atoms with E-state index >= 15 is 0 Å². The Labute approximate surface area is 136 Å². The van der Waals surface area contributed by atoms with Crippen molar-refractivity contribution < 1.29 is 0 Å². The molecule has 1 atom stereocenters. The third-order valence-electron chi connectivity index (χ3n) is 3.86. The van der Waals surface area contributed by atoms with Crippen LogP contribution in [0.2, 0.25) is 0 Å². The molecule has 0 radical (unpaired) electrons. The van der Waals surface area contributed by atoms with Crippen LogP contribution in [0.1, 0.15) is 48.9 Å². The van der Waals surface area contributed by atoms with Gasteiger partial charge in [0.05, 0.1) is 6.04 Å². The Kier molecular flexibility index (Phi) is 5.86. The molecule has 0 aromatic heterocycles. The van der Waals surface area contributed by atoms with E-state index in [-0.39, 0.29) is 0 Å². The van der Waals surface area contributed by atoms with Gasteiger partial charge in [-0.15, -0.1) is 0 Å². The number of rotatable bonds is 6. The van der Waals surface area contributed by atoms with E-state index in [4.69, 9.17) is 0 Å². The minimum Gasteiger partial charge on any atom is -0.378 e. The van der Waals surface area contributed by atoms with Gasteiger partial charge in [-0.25, -0.2) is 0 Å². The van der Waals surface area contributed by atoms with Crippen LogP contribution in [-0.4, -0.2) is 0 Å². The zero-order valence-corrected chi connectivity index (χ0v) is 14.7. The summed E-state index contributed by atoms with van der Waals surface area (Å²) in [6.45, 7) is 6.59. The highest BCUT2D eigenvalue weighted by Gasteiger charge is 2.13. The quantitative estimate of drug-likeness (QED) is 0.637. The summed E-state index contributed by atoms with van der Waals surface area (Å²) in [5.41, 5.74) is 5.22. The molecule has 2 aromatic carbocycles. The maximum atomic E-state index is 3.77. The van der Waals surface area contributed by atoms with E-state index in [1.54, 1.807) is 0 Å². The second-order valence-electron chi connectivity index (χ2n) is 5.66. The van der Waals surface area contributed by atoms with Crippen LogP contribution in [0.3, 0.4) is 0 Å². The third kappa shape index (κ3) is 4.34. The Morgan fingerprint density at radius 1 is 1.05 bits per heavy atom. The average molecular weight is 346 g/mol. The standard InChI is InChI=1S/C19H24BrN/c1-4-5-11-18(16-9-7-6-8-10-16)21-19-14(2)12-17(20)13-15(19)3/h6-10,12-13,18,21H,4-5,11H2,1-3H3. The first-order valence-electron chi connectivity index (χ1n) is 7.70. The fourth-order valence-electron chi connectivity index (χ4n) is 2.73. The first kappa shape index (κ1) is 16.1. The maximum absolute atomic E-state index is 3.77. The predicted molar refractivity (Wildman–Crippen MR) is 95.9 cm³/mol. The van der Waals surface area contributed by atoms with Gasteiger partial charge in [-0.2, -0.15) is 0 Å². The van der Waals surface area contributed by atoms with Crippen LogP contribution in [-0.2, 0) is 0 Å². The van der Waals surface area contributed by atoms with Gasteiger partial charge in [-0.1, -0.05) is 66.0 Å². The van der Waals surface area contributed by atoms with Crippen LogP contribution >= 0.6 is 15.9 Å². The molecule has 0 amide bonds. The van der Waals surface area contributed by atoms with Crippen LogP contribution in [0.4, 0.5) is 5.69 Å². The summed E-state index contributed by atoms with van der Waals surface area (Å²) in [6, 6.07) is 15.5. The number of hydrogen-bond acceptors (Lipinski definition) is 1. The van der Waals surface area contributed by atoms with Crippen molar-refractivity contribution in [1.82, 2.24) is 0 Å². The van der Waals surface area contributed by atoms with Crippen molar-refractivity contribution in [3.05, 3.63) is 63.6 Å². The van der Waals surface area contributed by atoms with Gasteiger partial charge in [0.2, 0.25) is 0 Å². The molecule has 2 heteroatoms. The van der Waals surface area contributed by atoms with Gasteiger partial charge >= 0.3 is 0 Å². The summed E-state index contributed by atoms with van der Waals surface area (Å²) in [5.74, 6) is 0. The van der Waals surface area contributed by atoms with Crippen LogP contribution < -0.4 is 5.32 Å². The van der Waals surface area contributed by atoms with E-state index in [2.05, 4.69) is 84.5 Å². The van der Waals surface area contributed by atoms with Crippen molar-refractivity contribution in [2.24, 2.45) is 0 Å². The highest BCUT2D eigenvalue weighted by atomic mass is 79.9. The Bertz CT molecular complexity index is 554. The van der Waals surface area contributed by atoms with Gasteiger partial charge in [0.1, 0.15) is 0 Å². The SMILES string of the molecule is CCCCC(Nc1c(C)cc(Br)cc1C)c1ccccc1. The fraction of sp³-hybridized carbons (Fsp3) is 0.368. The minimum absolute atomic E-state index is 0.379. The molecular weight excluding hydrogens is 322 g/mol. The van der Waals surface area contributed by atoms with Gasteiger partial charge in [0, 0.05) is 10.2 Å². The summed E-state index contributed by atoms with van der Waals surface area (Å²) in [6.07, 6.45) is 3.62. The number of halogens is 1. The molecule has 0 heterocycles. The molecule has 0 aliphatic heterocycles. The number of hydrogen-bond donors (Lipinski definition) is 1. The molecule has 1 unspecified atom stereocenters.